The zero-order valence-corrected chi connectivity index (χ0v) is 13.1. The highest BCUT2D eigenvalue weighted by Crippen LogP contribution is 2.11. The molecule has 112 valence electrons. The molecule has 0 aromatic carbocycles. The number of pyridine rings is 1. The predicted octanol–water partition coefficient (Wildman–Crippen LogP) is 3.41. The second kappa shape index (κ2) is 8.56. The molecule has 1 heterocycles. The summed E-state index contributed by atoms with van der Waals surface area (Å²) in [6.45, 7) is 10.9. The number of nitrogens with one attached hydrogen (secondary N) is 1. The highest BCUT2D eigenvalue weighted by Gasteiger charge is 2.17. The fourth-order valence-corrected chi connectivity index (χ4v) is 1.92. The molecule has 0 radical (unpaired) electrons. The Morgan fingerprint density at radius 2 is 2.10 bits per heavy atom. The molecule has 1 amide bonds. The minimum atomic E-state index is 0.0230. The molecule has 0 fully saturated rings. The summed E-state index contributed by atoms with van der Waals surface area (Å²) < 4.78 is 0. The van der Waals surface area contributed by atoms with Crippen molar-refractivity contribution in [2.45, 2.75) is 40.5 Å². The standard InChI is InChI=1S/C16H27N3O/c1-5-10-17-14-8-9-15(18-11-14)16(20)19(7-3)12-13(4)6-2/h8-9,11,13,17H,5-7,10,12H2,1-4H3. The van der Waals surface area contributed by atoms with Gasteiger partial charge in [0.1, 0.15) is 5.69 Å². The van der Waals surface area contributed by atoms with Crippen molar-refractivity contribution in [2.75, 3.05) is 25.0 Å². The molecule has 20 heavy (non-hydrogen) atoms. The highest BCUT2D eigenvalue weighted by molar-refractivity contribution is 5.92. The highest BCUT2D eigenvalue weighted by atomic mass is 16.2. The number of hydrogen-bond donors (Lipinski definition) is 1. The maximum atomic E-state index is 12.4. The van der Waals surface area contributed by atoms with Crippen LogP contribution in [-0.4, -0.2) is 35.4 Å². The monoisotopic (exact) mass is 277 g/mol. The van der Waals surface area contributed by atoms with Crippen molar-refractivity contribution in [3.63, 3.8) is 0 Å². The van der Waals surface area contributed by atoms with Crippen LogP contribution in [0.2, 0.25) is 0 Å². The molecule has 4 heteroatoms. The Labute approximate surface area is 122 Å². The van der Waals surface area contributed by atoms with E-state index in [0.717, 1.165) is 38.2 Å². The van der Waals surface area contributed by atoms with E-state index in [2.05, 4.69) is 31.1 Å². The summed E-state index contributed by atoms with van der Waals surface area (Å²) in [6, 6.07) is 3.73. The summed E-state index contributed by atoms with van der Waals surface area (Å²) in [4.78, 5) is 18.5. The van der Waals surface area contributed by atoms with Crippen molar-refractivity contribution < 1.29 is 4.79 Å². The number of carbonyl (C=O) groups excluding carboxylic acids is 1. The van der Waals surface area contributed by atoms with E-state index >= 15 is 0 Å². The van der Waals surface area contributed by atoms with Crippen molar-refractivity contribution in [1.29, 1.82) is 0 Å². The van der Waals surface area contributed by atoms with Gasteiger partial charge in [0, 0.05) is 19.6 Å². The molecule has 0 saturated carbocycles. The van der Waals surface area contributed by atoms with Crippen LogP contribution in [-0.2, 0) is 0 Å². The average molecular weight is 277 g/mol. The van der Waals surface area contributed by atoms with Gasteiger partial charge in [-0.15, -0.1) is 0 Å². The van der Waals surface area contributed by atoms with Crippen LogP contribution in [0.1, 0.15) is 51.0 Å². The van der Waals surface area contributed by atoms with Crippen LogP contribution in [0.25, 0.3) is 0 Å². The van der Waals surface area contributed by atoms with Crippen LogP contribution in [0, 0.1) is 5.92 Å². The largest absolute Gasteiger partial charge is 0.384 e. The molecule has 0 aliphatic heterocycles. The Morgan fingerprint density at radius 3 is 2.60 bits per heavy atom. The summed E-state index contributed by atoms with van der Waals surface area (Å²) in [5.41, 5.74) is 1.49. The topological polar surface area (TPSA) is 45.2 Å². The van der Waals surface area contributed by atoms with Gasteiger partial charge in [-0.3, -0.25) is 4.79 Å². The number of amides is 1. The van der Waals surface area contributed by atoms with Gasteiger partial charge in [0.05, 0.1) is 11.9 Å². The van der Waals surface area contributed by atoms with E-state index < -0.39 is 0 Å². The van der Waals surface area contributed by atoms with Gasteiger partial charge in [-0.25, -0.2) is 4.98 Å². The molecule has 4 nitrogen and oxygen atoms in total. The molecular weight excluding hydrogens is 250 g/mol. The van der Waals surface area contributed by atoms with E-state index in [-0.39, 0.29) is 5.91 Å². The van der Waals surface area contributed by atoms with E-state index in [1.165, 1.54) is 0 Å². The number of aromatic nitrogens is 1. The Bertz CT molecular complexity index is 403. The van der Waals surface area contributed by atoms with Crippen molar-refractivity contribution >= 4 is 11.6 Å². The maximum Gasteiger partial charge on any atom is 0.272 e. The van der Waals surface area contributed by atoms with Crippen LogP contribution < -0.4 is 5.32 Å². The summed E-state index contributed by atoms with van der Waals surface area (Å²) >= 11 is 0. The van der Waals surface area contributed by atoms with Gasteiger partial charge in [-0.05, 0) is 31.4 Å². The van der Waals surface area contributed by atoms with Gasteiger partial charge >= 0.3 is 0 Å². The summed E-state index contributed by atoms with van der Waals surface area (Å²) in [6.07, 6.45) is 3.89. The lowest BCUT2D eigenvalue weighted by atomic mass is 10.1. The van der Waals surface area contributed by atoms with E-state index in [0.29, 0.717) is 11.6 Å². The SMILES string of the molecule is CCCNc1ccc(C(=O)N(CC)CC(C)CC)nc1. The van der Waals surface area contributed by atoms with Crippen LogP contribution in [0.3, 0.4) is 0 Å². The Morgan fingerprint density at radius 1 is 1.35 bits per heavy atom. The van der Waals surface area contributed by atoms with E-state index in [1.54, 1.807) is 12.3 Å². The lowest BCUT2D eigenvalue weighted by Crippen LogP contribution is -2.35. The molecule has 1 aromatic rings. The molecule has 1 N–H and O–H groups in total. The normalized spacial score (nSPS) is 12.0. The van der Waals surface area contributed by atoms with Gasteiger partial charge < -0.3 is 10.2 Å². The summed E-state index contributed by atoms with van der Waals surface area (Å²) in [5.74, 6) is 0.541. The third-order valence-corrected chi connectivity index (χ3v) is 3.46. The zero-order valence-electron chi connectivity index (χ0n) is 13.1. The van der Waals surface area contributed by atoms with Crippen LogP contribution in [0.5, 0.6) is 0 Å². The number of rotatable bonds is 8. The Balaban J connectivity index is 2.69. The predicted molar refractivity (Wildman–Crippen MR) is 84.1 cm³/mol. The zero-order chi connectivity index (χ0) is 15.0. The van der Waals surface area contributed by atoms with Gasteiger partial charge in [0.2, 0.25) is 0 Å². The first kappa shape index (κ1) is 16.5. The fraction of sp³-hybridized carbons (Fsp3) is 0.625. The first-order chi connectivity index (χ1) is 9.62. The molecule has 1 aromatic heterocycles. The minimum Gasteiger partial charge on any atom is -0.384 e. The number of anilines is 1. The quantitative estimate of drug-likeness (QED) is 0.792. The second-order valence-corrected chi connectivity index (χ2v) is 5.22. The molecular formula is C16H27N3O. The average Bonchev–Trinajstić information content (AvgIpc) is 2.50. The molecule has 0 aliphatic carbocycles. The number of carbonyl (C=O) groups is 1. The van der Waals surface area contributed by atoms with Crippen molar-refractivity contribution in [1.82, 2.24) is 9.88 Å². The smallest absolute Gasteiger partial charge is 0.272 e. The molecule has 0 aliphatic rings. The van der Waals surface area contributed by atoms with Crippen molar-refractivity contribution in [3.05, 3.63) is 24.0 Å². The maximum absolute atomic E-state index is 12.4. The van der Waals surface area contributed by atoms with Gasteiger partial charge in [0.25, 0.3) is 5.91 Å². The van der Waals surface area contributed by atoms with E-state index in [4.69, 9.17) is 0 Å². The third kappa shape index (κ3) is 4.83. The van der Waals surface area contributed by atoms with Crippen molar-refractivity contribution in [3.8, 4) is 0 Å². The fourth-order valence-electron chi connectivity index (χ4n) is 1.92. The Hall–Kier alpha value is -1.58. The van der Waals surface area contributed by atoms with Gasteiger partial charge in [-0.2, -0.15) is 0 Å². The van der Waals surface area contributed by atoms with Crippen LogP contribution >= 0.6 is 0 Å². The van der Waals surface area contributed by atoms with E-state index in [1.807, 2.05) is 17.9 Å². The molecule has 1 rings (SSSR count). The lowest BCUT2D eigenvalue weighted by Gasteiger charge is -2.23. The molecule has 0 saturated heterocycles. The number of nitrogens with zero attached hydrogens (tertiary/aromatic N) is 2. The molecule has 0 bridgehead atoms. The van der Waals surface area contributed by atoms with Gasteiger partial charge in [0.15, 0.2) is 0 Å². The molecule has 1 atom stereocenters. The third-order valence-electron chi connectivity index (χ3n) is 3.46. The van der Waals surface area contributed by atoms with Crippen molar-refractivity contribution in [2.24, 2.45) is 5.92 Å². The summed E-state index contributed by atoms with van der Waals surface area (Å²) in [5, 5.41) is 3.26. The number of hydrogen-bond acceptors (Lipinski definition) is 3. The van der Waals surface area contributed by atoms with E-state index in [9.17, 15) is 4.79 Å². The first-order valence-corrected chi connectivity index (χ1v) is 7.61. The molecule has 0 spiro atoms. The van der Waals surface area contributed by atoms with Crippen LogP contribution in [0.15, 0.2) is 18.3 Å². The minimum absolute atomic E-state index is 0.0230. The first-order valence-electron chi connectivity index (χ1n) is 7.61. The van der Waals surface area contributed by atoms with Crippen LogP contribution in [0.4, 0.5) is 5.69 Å². The molecule has 1 unspecified atom stereocenters. The lowest BCUT2D eigenvalue weighted by molar-refractivity contribution is 0.0735. The summed E-state index contributed by atoms with van der Waals surface area (Å²) in [7, 11) is 0. The van der Waals surface area contributed by atoms with Gasteiger partial charge in [-0.1, -0.05) is 27.2 Å². The Kier molecular flexibility index (Phi) is 7.05. The second-order valence-electron chi connectivity index (χ2n) is 5.22.